The Morgan fingerprint density at radius 2 is 1.89 bits per heavy atom. The van der Waals surface area contributed by atoms with Crippen LogP contribution in [0, 0.1) is 6.92 Å². The van der Waals surface area contributed by atoms with Crippen molar-refractivity contribution in [2.24, 2.45) is 21.1 Å². The number of rotatable bonds is 5. The number of aromatic nitrogens is 4. The van der Waals surface area contributed by atoms with Gasteiger partial charge < -0.3 is 9.88 Å². The molecule has 3 rings (SSSR count). The van der Waals surface area contributed by atoms with Gasteiger partial charge in [0.2, 0.25) is 5.91 Å². The van der Waals surface area contributed by atoms with Crippen LogP contribution in [0.25, 0.3) is 11.2 Å². The summed E-state index contributed by atoms with van der Waals surface area (Å²) in [5, 5.41) is 4.01. The largest absolute Gasteiger partial charge is 0.332 e. The van der Waals surface area contributed by atoms with Gasteiger partial charge in [-0.15, -0.1) is 0 Å². The Balaban J connectivity index is 1.73. The third-order valence-corrected chi connectivity index (χ3v) is 5.97. The van der Waals surface area contributed by atoms with Gasteiger partial charge in [0.1, 0.15) is 0 Å². The van der Waals surface area contributed by atoms with Gasteiger partial charge in [0.25, 0.3) is 5.56 Å². The van der Waals surface area contributed by atoms with Crippen molar-refractivity contribution in [2.45, 2.75) is 18.5 Å². The fourth-order valence-corrected chi connectivity index (χ4v) is 3.96. The highest BCUT2D eigenvalue weighted by atomic mass is 35.5. The van der Waals surface area contributed by atoms with E-state index in [2.05, 4.69) is 10.3 Å². The first-order valence-corrected chi connectivity index (χ1v) is 9.89. The second-order valence-corrected chi connectivity index (χ2v) is 7.86. The third-order valence-electron chi connectivity index (χ3n) is 4.52. The summed E-state index contributed by atoms with van der Waals surface area (Å²) in [6.45, 7) is 1.84. The lowest BCUT2D eigenvalue weighted by atomic mass is 10.2. The number of imidazole rings is 1. The zero-order valence-corrected chi connectivity index (χ0v) is 17.5. The zero-order valence-electron chi connectivity index (χ0n) is 15.9. The summed E-state index contributed by atoms with van der Waals surface area (Å²) in [6.07, 6.45) is 0.261. The number of aryl methyl sites for hydroxylation is 2. The molecule has 0 fully saturated rings. The van der Waals surface area contributed by atoms with Crippen LogP contribution in [0.2, 0.25) is 5.02 Å². The van der Waals surface area contributed by atoms with Gasteiger partial charge in [0, 0.05) is 44.0 Å². The molecule has 0 spiro atoms. The fraction of sp³-hybridized carbons (Fsp3) is 0.333. The van der Waals surface area contributed by atoms with E-state index in [1.54, 1.807) is 36.9 Å². The van der Waals surface area contributed by atoms with Crippen LogP contribution < -0.4 is 16.6 Å². The van der Waals surface area contributed by atoms with Crippen LogP contribution in [0.15, 0.2) is 32.9 Å². The highest BCUT2D eigenvalue weighted by Crippen LogP contribution is 2.24. The average molecular weight is 422 g/mol. The third kappa shape index (κ3) is 3.59. The van der Waals surface area contributed by atoms with E-state index in [0.29, 0.717) is 27.3 Å². The van der Waals surface area contributed by atoms with Gasteiger partial charge in [-0.25, -0.2) is 9.78 Å². The van der Waals surface area contributed by atoms with E-state index in [1.807, 2.05) is 6.92 Å². The standard InChI is InChI=1S/C18H20ClN5O3S/c1-10-11(19)6-5-7-12(10)20-13(25)8-9-28-17-21-14-15(22(17)2)23(3)18(27)24(4)16(14)26/h5-7H,8-9H2,1-4H3,(H,20,25). The molecule has 1 aromatic carbocycles. The summed E-state index contributed by atoms with van der Waals surface area (Å²) in [5.41, 5.74) is 1.34. The van der Waals surface area contributed by atoms with Crippen LogP contribution >= 0.6 is 23.4 Å². The van der Waals surface area contributed by atoms with Crippen molar-refractivity contribution >= 4 is 46.1 Å². The molecule has 3 aromatic rings. The number of amides is 1. The maximum Gasteiger partial charge on any atom is 0.332 e. The number of nitrogens with one attached hydrogen (secondary N) is 1. The van der Waals surface area contributed by atoms with E-state index in [-0.39, 0.29) is 17.8 Å². The molecule has 0 atom stereocenters. The molecule has 2 aromatic heterocycles. The van der Waals surface area contributed by atoms with Gasteiger partial charge >= 0.3 is 5.69 Å². The highest BCUT2D eigenvalue weighted by Gasteiger charge is 2.17. The number of fused-ring (bicyclic) bond motifs is 1. The number of nitrogens with zero attached hydrogens (tertiary/aromatic N) is 4. The lowest BCUT2D eigenvalue weighted by Crippen LogP contribution is -2.37. The number of anilines is 1. The smallest absolute Gasteiger partial charge is 0.326 e. The molecule has 0 aliphatic carbocycles. The summed E-state index contributed by atoms with van der Waals surface area (Å²) in [5.74, 6) is 0.330. The van der Waals surface area contributed by atoms with E-state index < -0.39 is 11.2 Å². The Bertz CT molecular complexity index is 1190. The molecule has 0 aliphatic rings. The van der Waals surface area contributed by atoms with Gasteiger partial charge in [0.15, 0.2) is 16.3 Å². The molecule has 2 heterocycles. The summed E-state index contributed by atoms with van der Waals surface area (Å²) in [7, 11) is 4.76. The zero-order chi connectivity index (χ0) is 20.6. The Kier molecular flexibility index (Phi) is 5.66. The first-order valence-electron chi connectivity index (χ1n) is 8.52. The molecule has 0 saturated carbocycles. The molecule has 8 nitrogen and oxygen atoms in total. The van der Waals surface area contributed by atoms with E-state index in [1.165, 1.54) is 23.4 Å². The minimum absolute atomic E-state index is 0.139. The predicted molar refractivity (Wildman–Crippen MR) is 111 cm³/mol. The summed E-state index contributed by atoms with van der Waals surface area (Å²) in [6, 6.07) is 5.35. The lowest BCUT2D eigenvalue weighted by molar-refractivity contribution is -0.115. The van der Waals surface area contributed by atoms with E-state index >= 15 is 0 Å². The minimum atomic E-state index is -0.435. The monoisotopic (exact) mass is 421 g/mol. The number of hydrogen-bond donors (Lipinski definition) is 1. The molecular formula is C18H20ClN5O3S. The molecule has 148 valence electrons. The van der Waals surface area contributed by atoms with Gasteiger partial charge in [-0.2, -0.15) is 0 Å². The van der Waals surface area contributed by atoms with Crippen molar-refractivity contribution in [3.8, 4) is 0 Å². The van der Waals surface area contributed by atoms with Crippen LogP contribution in [-0.4, -0.2) is 30.3 Å². The molecule has 0 radical (unpaired) electrons. The number of halogens is 1. The van der Waals surface area contributed by atoms with Crippen LogP contribution in [0.3, 0.4) is 0 Å². The van der Waals surface area contributed by atoms with Gasteiger partial charge in [-0.3, -0.25) is 18.7 Å². The highest BCUT2D eigenvalue weighted by molar-refractivity contribution is 7.99. The summed E-state index contributed by atoms with van der Waals surface area (Å²) in [4.78, 5) is 41.0. The van der Waals surface area contributed by atoms with Gasteiger partial charge in [0.05, 0.1) is 0 Å². The Morgan fingerprint density at radius 1 is 1.18 bits per heavy atom. The van der Waals surface area contributed by atoms with Gasteiger partial charge in [-0.05, 0) is 24.6 Å². The number of thioether (sulfide) groups is 1. The van der Waals surface area contributed by atoms with Crippen molar-refractivity contribution in [3.63, 3.8) is 0 Å². The van der Waals surface area contributed by atoms with Crippen molar-refractivity contribution < 1.29 is 4.79 Å². The molecular weight excluding hydrogens is 402 g/mol. The van der Waals surface area contributed by atoms with Crippen LogP contribution in [0.5, 0.6) is 0 Å². The second kappa shape index (κ2) is 7.84. The molecule has 10 heteroatoms. The normalized spacial score (nSPS) is 11.2. The van der Waals surface area contributed by atoms with Crippen molar-refractivity contribution in [2.75, 3.05) is 11.1 Å². The number of benzene rings is 1. The average Bonchev–Trinajstić information content (AvgIpc) is 2.99. The second-order valence-electron chi connectivity index (χ2n) is 6.39. The molecule has 28 heavy (non-hydrogen) atoms. The molecule has 0 bridgehead atoms. The molecule has 0 unspecified atom stereocenters. The molecule has 0 saturated heterocycles. The number of carbonyl (C=O) groups excluding carboxylic acids is 1. The van der Waals surface area contributed by atoms with Crippen LogP contribution in [0.4, 0.5) is 5.69 Å². The van der Waals surface area contributed by atoms with Crippen LogP contribution in [0.1, 0.15) is 12.0 Å². The quantitative estimate of drug-likeness (QED) is 0.637. The fourth-order valence-electron chi connectivity index (χ4n) is 2.88. The maximum absolute atomic E-state index is 12.3. The number of hydrogen-bond acceptors (Lipinski definition) is 5. The Hall–Kier alpha value is -2.52. The molecule has 0 aliphatic heterocycles. The van der Waals surface area contributed by atoms with Gasteiger partial charge in [-0.1, -0.05) is 29.4 Å². The van der Waals surface area contributed by atoms with E-state index in [9.17, 15) is 14.4 Å². The minimum Gasteiger partial charge on any atom is -0.326 e. The first kappa shape index (κ1) is 20.2. The Labute approximate surface area is 170 Å². The molecule has 1 amide bonds. The van der Waals surface area contributed by atoms with E-state index in [4.69, 9.17) is 11.6 Å². The van der Waals surface area contributed by atoms with Crippen molar-refractivity contribution in [3.05, 3.63) is 49.6 Å². The van der Waals surface area contributed by atoms with Crippen LogP contribution in [-0.2, 0) is 25.9 Å². The number of carbonyl (C=O) groups is 1. The van der Waals surface area contributed by atoms with Crippen molar-refractivity contribution in [1.82, 2.24) is 18.7 Å². The molecule has 1 N–H and O–H groups in total. The van der Waals surface area contributed by atoms with Crippen molar-refractivity contribution in [1.29, 1.82) is 0 Å². The first-order chi connectivity index (χ1) is 13.2. The predicted octanol–water partition coefficient (Wildman–Crippen LogP) is 2.05. The SMILES string of the molecule is Cc1c(Cl)cccc1NC(=O)CCSc1nc2c(=O)n(C)c(=O)n(C)c2n1C. The maximum atomic E-state index is 12.3. The topological polar surface area (TPSA) is 90.9 Å². The summed E-state index contributed by atoms with van der Waals surface area (Å²) >= 11 is 7.42. The lowest BCUT2D eigenvalue weighted by Gasteiger charge is -2.09. The summed E-state index contributed by atoms with van der Waals surface area (Å²) < 4.78 is 4.12. The Morgan fingerprint density at radius 3 is 2.61 bits per heavy atom. The van der Waals surface area contributed by atoms with E-state index in [0.717, 1.165) is 10.1 Å².